The molecule has 0 saturated carbocycles. The van der Waals surface area contributed by atoms with Crippen LogP contribution in [0, 0.1) is 0 Å². The number of carbonyl (C=O) groups is 1. The average molecular weight is 514 g/mol. The molecule has 36 heavy (non-hydrogen) atoms. The summed E-state index contributed by atoms with van der Waals surface area (Å²) in [6.45, 7) is 5.67. The van der Waals surface area contributed by atoms with Crippen molar-refractivity contribution in [1.29, 1.82) is 0 Å². The molecule has 0 saturated heterocycles. The highest BCUT2D eigenvalue weighted by atomic mass is 19.4. The van der Waals surface area contributed by atoms with Crippen molar-refractivity contribution >= 4 is 22.6 Å². The smallest absolute Gasteiger partial charge is 0.416 e. The maximum atomic E-state index is 13.5. The van der Waals surface area contributed by atoms with Crippen LogP contribution in [-0.4, -0.2) is 23.3 Å². The zero-order valence-electron chi connectivity index (χ0n) is 19.9. The third-order valence-corrected chi connectivity index (χ3v) is 6.10. The molecule has 4 rings (SSSR count). The molecular formula is C25H24F6N2O3. The maximum absolute atomic E-state index is 13.5. The van der Waals surface area contributed by atoms with Gasteiger partial charge in [0.05, 0.1) is 41.2 Å². The van der Waals surface area contributed by atoms with Crippen molar-refractivity contribution in [2.24, 2.45) is 0 Å². The Bertz CT molecular complexity index is 1290. The summed E-state index contributed by atoms with van der Waals surface area (Å²) in [6, 6.07) is 5.06. The van der Waals surface area contributed by atoms with Gasteiger partial charge in [-0.3, -0.25) is 4.57 Å². The first-order valence-corrected chi connectivity index (χ1v) is 11.1. The van der Waals surface area contributed by atoms with E-state index < -0.39 is 46.9 Å². The summed E-state index contributed by atoms with van der Waals surface area (Å²) in [4.78, 5) is 13.5. The van der Waals surface area contributed by atoms with E-state index in [9.17, 15) is 31.1 Å². The third kappa shape index (κ3) is 4.76. The van der Waals surface area contributed by atoms with E-state index in [1.807, 2.05) is 20.8 Å². The lowest BCUT2D eigenvalue weighted by Crippen LogP contribution is -2.36. The summed E-state index contributed by atoms with van der Waals surface area (Å²) in [5.74, 6) is 0.535. The van der Waals surface area contributed by atoms with Crippen LogP contribution >= 0.6 is 0 Å². The number of alkyl halides is 6. The predicted molar refractivity (Wildman–Crippen MR) is 121 cm³/mol. The second-order valence-corrected chi connectivity index (χ2v) is 9.26. The number of amides is 1. The molecule has 1 atom stereocenters. The summed E-state index contributed by atoms with van der Waals surface area (Å²) in [5.41, 5.74) is -2.49. The zero-order chi connectivity index (χ0) is 26.6. The highest BCUT2D eigenvalue weighted by molar-refractivity contribution is 6.01. The van der Waals surface area contributed by atoms with Gasteiger partial charge in [-0.2, -0.15) is 26.3 Å². The quantitative estimate of drug-likeness (QED) is 0.367. The first-order valence-electron chi connectivity index (χ1n) is 11.1. The van der Waals surface area contributed by atoms with Crippen LogP contribution in [0.15, 0.2) is 36.4 Å². The molecule has 2 heterocycles. The van der Waals surface area contributed by atoms with Crippen LogP contribution in [0.2, 0.25) is 0 Å². The Morgan fingerprint density at radius 1 is 1.08 bits per heavy atom. The summed E-state index contributed by atoms with van der Waals surface area (Å²) < 4.78 is 92.6. The molecule has 1 N–H and O–H groups in total. The average Bonchev–Trinajstić information content (AvgIpc) is 3.09. The summed E-state index contributed by atoms with van der Waals surface area (Å²) >= 11 is 0. The Morgan fingerprint density at radius 3 is 2.22 bits per heavy atom. The van der Waals surface area contributed by atoms with Crippen LogP contribution in [0.4, 0.5) is 36.8 Å². The molecule has 1 aliphatic rings. The van der Waals surface area contributed by atoms with Crippen LogP contribution in [0.5, 0.6) is 5.75 Å². The van der Waals surface area contributed by atoms with Crippen molar-refractivity contribution in [1.82, 2.24) is 4.57 Å². The molecule has 2 aromatic carbocycles. The number of benzene rings is 2. The lowest BCUT2D eigenvalue weighted by molar-refractivity contribution is -0.143. The van der Waals surface area contributed by atoms with E-state index in [-0.39, 0.29) is 6.07 Å². The Hall–Kier alpha value is -3.21. The fourth-order valence-electron chi connectivity index (χ4n) is 4.62. The number of hydrogen-bond acceptors (Lipinski definition) is 3. The maximum Gasteiger partial charge on any atom is 0.416 e. The number of halogens is 6. The van der Waals surface area contributed by atoms with Gasteiger partial charge in [0.25, 0.3) is 0 Å². The number of aromatic nitrogens is 1. The second-order valence-electron chi connectivity index (χ2n) is 9.26. The standard InChI is InChI=1S/C25H24F6N2O3/c1-5-20-21-18(12-23(2,3)36-20)17-11-16(35-4)6-7-19(17)33(21)22(34)32-15-9-13(24(26,27)28)8-14(10-15)25(29,30)31/h6-11,20H,5,12H2,1-4H3,(H,32,34)/t20-/m0/s1. The molecular weight excluding hydrogens is 490 g/mol. The Labute approximate surface area is 203 Å². The van der Waals surface area contributed by atoms with Crippen molar-refractivity contribution in [3.63, 3.8) is 0 Å². The molecule has 5 nitrogen and oxygen atoms in total. The highest BCUT2D eigenvalue weighted by Crippen LogP contribution is 2.44. The van der Waals surface area contributed by atoms with Crippen molar-refractivity contribution in [3.8, 4) is 5.75 Å². The fourth-order valence-corrected chi connectivity index (χ4v) is 4.62. The number of fused-ring (bicyclic) bond motifs is 3. The van der Waals surface area contributed by atoms with E-state index in [4.69, 9.17) is 9.47 Å². The molecule has 0 fully saturated rings. The van der Waals surface area contributed by atoms with Crippen molar-refractivity contribution in [3.05, 3.63) is 58.8 Å². The molecule has 0 unspecified atom stereocenters. The van der Waals surface area contributed by atoms with Gasteiger partial charge in [-0.25, -0.2) is 4.79 Å². The normalized spacial score (nSPS) is 17.7. The molecule has 0 bridgehead atoms. The van der Waals surface area contributed by atoms with Gasteiger partial charge in [-0.05, 0) is 62.2 Å². The van der Waals surface area contributed by atoms with Gasteiger partial charge in [0.15, 0.2) is 0 Å². The molecule has 0 aliphatic carbocycles. The van der Waals surface area contributed by atoms with Crippen LogP contribution in [0.3, 0.4) is 0 Å². The van der Waals surface area contributed by atoms with Gasteiger partial charge in [0.2, 0.25) is 0 Å². The molecule has 0 spiro atoms. The lowest BCUT2D eigenvalue weighted by Gasteiger charge is -2.36. The van der Waals surface area contributed by atoms with Crippen molar-refractivity contribution in [2.75, 3.05) is 12.4 Å². The van der Waals surface area contributed by atoms with Gasteiger partial charge in [-0.15, -0.1) is 0 Å². The molecule has 3 aromatic rings. The minimum Gasteiger partial charge on any atom is -0.497 e. The van der Waals surface area contributed by atoms with Gasteiger partial charge >= 0.3 is 18.4 Å². The first kappa shape index (κ1) is 25.9. The van der Waals surface area contributed by atoms with Crippen LogP contribution in [-0.2, 0) is 23.5 Å². The van der Waals surface area contributed by atoms with E-state index in [0.717, 1.165) is 5.56 Å². The minimum absolute atomic E-state index is 0.0118. The molecule has 194 valence electrons. The van der Waals surface area contributed by atoms with Gasteiger partial charge in [0.1, 0.15) is 5.75 Å². The molecule has 11 heteroatoms. The number of rotatable bonds is 3. The number of hydrogen-bond donors (Lipinski definition) is 1. The van der Waals surface area contributed by atoms with E-state index in [0.29, 0.717) is 47.3 Å². The van der Waals surface area contributed by atoms with E-state index in [2.05, 4.69) is 5.32 Å². The van der Waals surface area contributed by atoms with Gasteiger partial charge in [-0.1, -0.05) is 6.92 Å². The zero-order valence-corrected chi connectivity index (χ0v) is 19.9. The van der Waals surface area contributed by atoms with E-state index >= 15 is 0 Å². The Balaban J connectivity index is 1.88. The number of anilines is 1. The van der Waals surface area contributed by atoms with Crippen molar-refractivity contribution < 1.29 is 40.6 Å². The van der Waals surface area contributed by atoms with Gasteiger partial charge in [0, 0.05) is 17.5 Å². The second kappa shape index (κ2) is 8.72. The van der Waals surface area contributed by atoms with Crippen molar-refractivity contribution in [2.45, 2.75) is 57.7 Å². The lowest BCUT2D eigenvalue weighted by atomic mass is 9.90. The molecule has 1 amide bonds. The number of nitrogens with zero attached hydrogens (tertiary/aromatic N) is 1. The highest BCUT2D eigenvalue weighted by Gasteiger charge is 2.39. The predicted octanol–water partition coefficient (Wildman–Crippen LogP) is 7.57. The summed E-state index contributed by atoms with van der Waals surface area (Å²) in [7, 11) is 1.49. The fraction of sp³-hybridized carbons (Fsp3) is 0.400. The van der Waals surface area contributed by atoms with E-state index in [1.54, 1.807) is 18.2 Å². The topological polar surface area (TPSA) is 52.5 Å². The van der Waals surface area contributed by atoms with Gasteiger partial charge < -0.3 is 14.8 Å². The first-order chi connectivity index (χ1) is 16.6. The van der Waals surface area contributed by atoms with Crippen LogP contribution < -0.4 is 10.1 Å². The summed E-state index contributed by atoms with van der Waals surface area (Å²) in [5, 5.41) is 2.93. The Morgan fingerprint density at radius 2 is 1.69 bits per heavy atom. The number of ether oxygens (including phenoxy) is 2. The van der Waals surface area contributed by atoms with Crippen LogP contribution in [0.25, 0.3) is 10.9 Å². The number of methoxy groups -OCH3 is 1. The molecule has 0 radical (unpaired) electrons. The van der Waals surface area contributed by atoms with Crippen LogP contribution in [0.1, 0.15) is 55.7 Å². The number of carbonyl (C=O) groups excluding carboxylic acids is 1. The third-order valence-electron chi connectivity index (χ3n) is 6.10. The van der Waals surface area contributed by atoms with E-state index in [1.165, 1.54) is 11.7 Å². The molecule has 1 aromatic heterocycles. The molecule has 1 aliphatic heterocycles. The number of nitrogens with one attached hydrogen (secondary N) is 1. The monoisotopic (exact) mass is 514 g/mol. The minimum atomic E-state index is -5.04. The Kier molecular flexibility index (Phi) is 6.27. The summed E-state index contributed by atoms with van der Waals surface area (Å²) in [6.07, 6.45) is -9.68. The largest absolute Gasteiger partial charge is 0.497 e. The SMILES string of the molecule is CC[C@@H]1OC(C)(C)Cc2c1n(C(=O)Nc1cc(C(F)(F)F)cc(C(F)(F)F)c1)c1ccc(OC)cc21.